The predicted octanol–water partition coefficient (Wildman–Crippen LogP) is -0.0648. The summed E-state index contributed by atoms with van der Waals surface area (Å²) in [5.74, 6) is 0.226. The average molecular weight is 292 g/mol. The van der Waals surface area contributed by atoms with E-state index in [4.69, 9.17) is 0 Å². The Hall–Kier alpha value is -0.660. The van der Waals surface area contributed by atoms with E-state index in [1.165, 1.54) is 0 Å². The van der Waals surface area contributed by atoms with Crippen molar-refractivity contribution in [2.75, 3.05) is 25.9 Å². The van der Waals surface area contributed by atoms with Gasteiger partial charge >= 0.3 is 0 Å². The topological polar surface area (TPSA) is 86.7 Å². The Morgan fingerprint density at radius 1 is 1.53 bits per heavy atom. The van der Waals surface area contributed by atoms with Crippen LogP contribution in [-0.2, 0) is 14.8 Å². The maximum Gasteiger partial charge on any atom is 0.222 e. The van der Waals surface area contributed by atoms with Crippen molar-refractivity contribution < 1.29 is 18.3 Å². The third-order valence-corrected chi connectivity index (χ3v) is 3.97. The molecule has 0 aromatic carbocycles. The number of carbonyl (C=O) groups excluding carboxylic acids is 1. The van der Waals surface area contributed by atoms with E-state index in [2.05, 4.69) is 4.72 Å². The molecular weight excluding hydrogens is 268 g/mol. The Balaban J connectivity index is 2.39. The van der Waals surface area contributed by atoms with E-state index in [-0.39, 0.29) is 11.8 Å². The summed E-state index contributed by atoms with van der Waals surface area (Å²) in [5.41, 5.74) is 0. The molecule has 0 bridgehead atoms. The third-order valence-electron chi connectivity index (χ3n) is 3.28. The zero-order valence-electron chi connectivity index (χ0n) is 11.6. The molecule has 1 aliphatic rings. The summed E-state index contributed by atoms with van der Waals surface area (Å²) in [6.07, 6.45) is 3.34. The predicted molar refractivity (Wildman–Crippen MR) is 73.1 cm³/mol. The van der Waals surface area contributed by atoms with Gasteiger partial charge in [-0.05, 0) is 32.1 Å². The largest absolute Gasteiger partial charge is 0.393 e. The van der Waals surface area contributed by atoms with Crippen molar-refractivity contribution >= 4 is 15.9 Å². The molecule has 1 rings (SSSR count). The number of hydrogen-bond donors (Lipinski definition) is 2. The molecule has 19 heavy (non-hydrogen) atoms. The fourth-order valence-corrected chi connectivity index (χ4v) is 2.76. The molecule has 112 valence electrons. The van der Waals surface area contributed by atoms with Gasteiger partial charge in [0, 0.05) is 26.1 Å². The first-order chi connectivity index (χ1) is 8.78. The number of sulfonamides is 1. The highest BCUT2D eigenvalue weighted by atomic mass is 32.2. The summed E-state index contributed by atoms with van der Waals surface area (Å²) in [5, 5.41) is 9.18. The monoisotopic (exact) mass is 292 g/mol. The first-order valence-corrected chi connectivity index (χ1v) is 8.57. The van der Waals surface area contributed by atoms with Gasteiger partial charge in [0.25, 0.3) is 0 Å². The number of amides is 1. The lowest BCUT2D eigenvalue weighted by Gasteiger charge is -2.33. The molecule has 2 unspecified atom stereocenters. The highest BCUT2D eigenvalue weighted by Crippen LogP contribution is 2.17. The highest BCUT2D eigenvalue weighted by molar-refractivity contribution is 7.88. The minimum Gasteiger partial charge on any atom is -0.393 e. The minimum atomic E-state index is -3.17. The molecule has 0 aromatic heterocycles. The Bertz CT molecular complexity index is 395. The maximum absolute atomic E-state index is 11.9. The molecule has 0 radical (unpaired) electrons. The lowest BCUT2D eigenvalue weighted by atomic mass is 9.98. The Morgan fingerprint density at radius 3 is 2.79 bits per heavy atom. The molecule has 1 amide bonds. The zero-order valence-corrected chi connectivity index (χ0v) is 12.4. The van der Waals surface area contributed by atoms with Crippen LogP contribution in [0, 0.1) is 5.92 Å². The second-order valence-corrected chi connectivity index (χ2v) is 7.19. The van der Waals surface area contributed by atoms with Crippen LogP contribution in [0.4, 0.5) is 0 Å². The van der Waals surface area contributed by atoms with Crippen molar-refractivity contribution in [1.29, 1.82) is 0 Å². The summed E-state index contributed by atoms with van der Waals surface area (Å²) in [6.45, 7) is 3.39. The van der Waals surface area contributed by atoms with Gasteiger partial charge in [-0.1, -0.05) is 0 Å². The van der Waals surface area contributed by atoms with Crippen LogP contribution in [-0.4, -0.2) is 56.3 Å². The fraction of sp³-hybridized carbons (Fsp3) is 0.917. The quantitative estimate of drug-likeness (QED) is 0.718. The van der Waals surface area contributed by atoms with Crippen LogP contribution < -0.4 is 4.72 Å². The van der Waals surface area contributed by atoms with Crippen molar-refractivity contribution in [3.05, 3.63) is 0 Å². The highest BCUT2D eigenvalue weighted by Gasteiger charge is 2.24. The van der Waals surface area contributed by atoms with Crippen LogP contribution in [0.5, 0.6) is 0 Å². The maximum atomic E-state index is 11.9. The standard InChI is InChI=1S/C12H24N2O4S/c1-10(15)5-6-12(16)14-7-3-4-11(9-14)8-13-19(2,17)18/h10-11,13,15H,3-9H2,1-2H3. The number of aliphatic hydroxyl groups excluding tert-OH is 1. The molecule has 0 saturated carbocycles. The number of likely N-dealkylation sites (tertiary alicyclic amines) is 1. The first kappa shape index (κ1) is 16.4. The molecule has 2 N–H and O–H groups in total. The number of hydrogen-bond acceptors (Lipinski definition) is 4. The molecule has 1 heterocycles. The van der Waals surface area contributed by atoms with Crippen molar-refractivity contribution in [3.63, 3.8) is 0 Å². The first-order valence-electron chi connectivity index (χ1n) is 6.68. The summed E-state index contributed by atoms with van der Waals surface area (Å²) < 4.78 is 24.6. The molecule has 7 heteroatoms. The van der Waals surface area contributed by atoms with Gasteiger partial charge in [0.05, 0.1) is 12.4 Å². The fourth-order valence-electron chi connectivity index (χ4n) is 2.22. The van der Waals surface area contributed by atoms with Crippen molar-refractivity contribution in [2.24, 2.45) is 5.92 Å². The van der Waals surface area contributed by atoms with Crippen LogP contribution in [0.15, 0.2) is 0 Å². The van der Waals surface area contributed by atoms with Crippen molar-refractivity contribution in [3.8, 4) is 0 Å². The summed E-state index contributed by atoms with van der Waals surface area (Å²) in [4.78, 5) is 13.7. The van der Waals surface area contributed by atoms with E-state index in [9.17, 15) is 18.3 Å². The lowest BCUT2D eigenvalue weighted by Crippen LogP contribution is -2.43. The molecule has 1 aliphatic heterocycles. The molecular formula is C12H24N2O4S. The number of piperidine rings is 1. The van der Waals surface area contributed by atoms with Crippen molar-refractivity contribution in [2.45, 2.75) is 38.7 Å². The van der Waals surface area contributed by atoms with E-state index in [1.807, 2.05) is 0 Å². The summed E-state index contributed by atoms with van der Waals surface area (Å²) >= 11 is 0. The summed E-state index contributed by atoms with van der Waals surface area (Å²) in [6, 6.07) is 0. The molecule has 0 aliphatic carbocycles. The number of nitrogens with one attached hydrogen (secondary N) is 1. The van der Waals surface area contributed by atoms with Gasteiger partial charge in [0.15, 0.2) is 0 Å². The normalized spacial score (nSPS) is 22.3. The molecule has 0 aromatic rings. The van der Waals surface area contributed by atoms with Crippen LogP contribution in [0.3, 0.4) is 0 Å². The van der Waals surface area contributed by atoms with Crippen LogP contribution in [0.25, 0.3) is 0 Å². The second-order valence-electron chi connectivity index (χ2n) is 5.36. The van der Waals surface area contributed by atoms with Gasteiger partial charge < -0.3 is 10.0 Å². The van der Waals surface area contributed by atoms with E-state index in [0.29, 0.717) is 25.9 Å². The van der Waals surface area contributed by atoms with Crippen LogP contribution in [0.2, 0.25) is 0 Å². The van der Waals surface area contributed by atoms with E-state index in [1.54, 1.807) is 11.8 Å². The third kappa shape index (κ3) is 6.89. The van der Waals surface area contributed by atoms with Crippen LogP contribution >= 0.6 is 0 Å². The Labute approximate surface area is 115 Å². The van der Waals surface area contributed by atoms with Crippen molar-refractivity contribution in [1.82, 2.24) is 9.62 Å². The summed E-state index contributed by atoms with van der Waals surface area (Å²) in [7, 11) is -3.17. The number of rotatable bonds is 6. The minimum absolute atomic E-state index is 0.0463. The van der Waals surface area contributed by atoms with Gasteiger partial charge in [0.1, 0.15) is 0 Å². The SMILES string of the molecule is CC(O)CCC(=O)N1CCCC(CNS(C)(=O)=O)C1. The van der Waals surface area contributed by atoms with Gasteiger partial charge in [-0.2, -0.15) is 0 Å². The second kappa shape index (κ2) is 7.21. The molecule has 1 fully saturated rings. The van der Waals surface area contributed by atoms with Gasteiger partial charge in [-0.3, -0.25) is 4.79 Å². The molecule has 1 saturated heterocycles. The van der Waals surface area contributed by atoms with E-state index < -0.39 is 16.1 Å². The Morgan fingerprint density at radius 2 is 2.21 bits per heavy atom. The Kier molecular flexibility index (Phi) is 6.22. The number of carbonyl (C=O) groups is 1. The van der Waals surface area contributed by atoms with Crippen LogP contribution in [0.1, 0.15) is 32.6 Å². The smallest absolute Gasteiger partial charge is 0.222 e. The van der Waals surface area contributed by atoms with Gasteiger partial charge in [-0.25, -0.2) is 13.1 Å². The number of aliphatic hydroxyl groups is 1. The van der Waals surface area contributed by atoms with E-state index in [0.717, 1.165) is 25.6 Å². The molecule has 2 atom stereocenters. The van der Waals surface area contributed by atoms with Gasteiger partial charge in [-0.15, -0.1) is 0 Å². The van der Waals surface area contributed by atoms with Gasteiger partial charge in [0.2, 0.25) is 15.9 Å². The zero-order chi connectivity index (χ0) is 14.5. The van der Waals surface area contributed by atoms with E-state index >= 15 is 0 Å². The lowest BCUT2D eigenvalue weighted by molar-refractivity contribution is -0.133. The average Bonchev–Trinajstić information content (AvgIpc) is 2.33. The molecule has 6 nitrogen and oxygen atoms in total. The molecule has 0 spiro atoms. The number of nitrogens with zero attached hydrogens (tertiary/aromatic N) is 1.